The molecule has 2 rings (SSSR count). The lowest BCUT2D eigenvalue weighted by atomic mass is 10.1. The fraction of sp³-hybridized carbons (Fsp3) is 0.462. The molecule has 2 aromatic heterocycles. The number of hydrogen-bond donors (Lipinski definition) is 1. The molecule has 5 nitrogen and oxygen atoms in total. The highest BCUT2D eigenvalue weighted by molar-refractivity contribution is 5.27. The average molecular weight is 245 g/mol. The Morgan fingerprint density at radius 1 is 1.44 bits per heavy atom. The maximum Gasteiger partial charge on any atom is 0.0938 e. The van der Waals surface area contributed by atoms with E-state index in [1.54, 1.807) is 0 Å². The Labute approximate surface area is 107 Å². The summed E-state index contributed by atoms with van der Waals surface area (Å²) in [5, 5.41) is 11.4. The molecule has 0 saturated carbocycles. The van der Waals surface area contributed by atoms with Gasteiger partial charge in [-0.3, -0.25) is 4.98 Å². The Hall–Kier alpha value is -1.75. The molecule has 1 N–H and O–H groups in total. The monoisotopic (exact) mass is 245 g/mol. The van der Waals surface area contributed by atoms with E-state index >= 15 is 0 Å². The molecule has 18 heavy (non-hydrogen) atoms. The number of nitrogens with zero attached hydrogens (tertiary/aromatic N) is 4. The quantitative estimate of drug-likeness (QED) is 0.871. The van der Waals surface area contributed by atoms with E-state index in [-0.39, 0.29) is 6.04 Å². The fourth-order valence-corrected chi connectivity index (χ4v) is 2.10. The van der Waals surface area contributed by atoms with Gasteiger partial charge in [-0.25, -0.2) is 4.68 Å². The Bertz CT molecular complexity index is 506. The van der Waals surface area contributed by atoms with Crippen LogP contribution in [0.25, 0.3) is 0 Å². The number of aromatic nitrogens is 4. The second-order valence-electron chi connectivity index (χ2n) is 4.31. The van der Waals surface area contributed by atoms with Crippen LogP contribution in [0.3, 0.4) is 0 Å². The number of hydrogen-bond acceptors (Lipinski definition) is 4. The Morgan fingerprint density at radius 2 is 2.28 bits per heavy atom. The van der Waals surface area contributed by atoms with E-state index < -0.39 is 0 Å². The van der Waals surface area contributed by atoms with Gasteiger partial charge in [-0.15, -0.1) is 5.10 Å². The van der Waals surface area contributed by atoms with Crippen molar-refractivity contribution in [3.05, 3.63) is 41.5 Å². The first-order valence-corrected chi connectivity index (χ1v) is 6.25. The first kappa shape index (κ1) is 12.7. The van der Waals surface area contributed by atoms with Gasteiger partial charge in [0.2, 0.25) is 0 Å². The van der Waals surface area contributed by atoms with Crippen LogP contribution in [0.5, 0.6) is 0 Å². The molecule has 0 spiro atoms. The molecule has 2 heterocycles. The topological polar surface area (TPSA) is 55.6 Å². The average Bonchev–Trinajstić information content (AvgIpc) is 2.82. The van der Waals surface area contributed by atoms with Gasteiger partial charge < -0.3 is 5.32 Å². The summed E-state index contributed by atoms with van der Waals surface area (Å²) >= 11 is 0. The van der Waals surface area contributed by atoms with Gasteiger partial charge in [0, 0.05) is 12.7 Å². The molecule has 0 aromatic carbocycles. The highest BCUT2D eigenvalue weighted by Gasteiger charge is 2.19. The molecule has 0 aliphatic heterocycles. The molecule has 0 saturated heterocycles. The van der Waals surface area contributed by atoms with Crippen LogP contribution >= 0.6 is 0 Å². The summed E-state index contributed by atoms with van der Waals surface area (Å²) in [4.78, 5) is 4.48. The van der Waals surface area contributed by atoms with Crippen LogP contribution in [0.1, 0.15) is 36.3 Å². The van der Waals surface area contributed by atoms with E-state index in [2.05, 4.69) is 40.5 Å². The molecular formula is C13H19N5. The van der Waals surface area contributed by atoms with E-state index in [0.717, 1.165) is 24.4 Å². The molecule has 0 aliphatic rings. The number of pyridine rings is 1. The Kier molecular flexibility index (Phi) is 4.04. The molecule has 1 atom stereocenters. The Morgan fingerprint density at radius 3 is 2.94 bits per heavy atom. The fourth-order valence-electron chi connectivity index (χ4n) is 2.10. The maximum absolute atomic E-state index is 4.48. The van der Waals surface area contributed by atoms with Crippen LogP contribution in [-0.2, 0) is 6.54 Å². The van der Waals surface area contributed by atoms with Crippen molar-refractivity contribution in [1.29, 1.82) is 0 Å². The summed E-state index contributed by atoms with van der Waals surface area (Å²) in [6, 6.07) is 4.06. The van der Waals surface area contributed by atoms with E-state index in [4.69, 9.17) is 0 Å². The van der Waals surface area contributed by atoms with Gasteiger partial charge in [-0.1, -0.05) is 18.2 Å². The first-order valence-electron chi connectivity index (χ1n) is 6.25. The molecule has 2 aromatic rings. The van der Waals surface area contributed by atoms with Gasteiger partial charge in [-0.05, 0) is 32.0 Å². The van der Waals surface area contributed by atoms with E-state index in [1.165, 1.54) is 5.56 Å². The van der Waals surface area contributed by atoms with E-state index in [1.807, 2.05) is 30.2 Å². The van der Waals surface area contributed by atoms with Crippen molar-refractivity contribution in [3.8, 4) is 0 Å². The van der Waals surface area contributed by atoms with Crippen molar-refractivity contribution >= 4 is 0 Å². The minimum absolute atomic E-state index is 0.0350. The molecular weight excluding hydrogens is 226 g/mol. The van der Waals surface area contributed by atoms with Crippen molar-refractivity contribution in [2.75, 3.05) is 7.05 Å². The van der Waals surface area contributed by atoms with Gasteiger partial charge in [0.05, 0.1) is 23.6 Å². The molecule has 0 fully saturated rings. The molecule has 96 valence electrons. The summed E-state index contributed by atoms with van der Waals surface area (Å²) in [7, 11) is 1.93. The Balaban J connectivity index is 2.39. The predicted molar refractivity (Wildman–Crippen MR) is 70.2 cm³/mol. The summed E-state index contributed by atoms with van der Waals surface area (Å²) < 4.78 is 1.94. The van der Waals surface area contributed by atoms with E-state index in [0.29, 0.717) is 0 Å². The molecule has 1 unspecified atom stereocenters. The van der Waals surface area contributed by atoms with Crippen molar-refractivity contribution < 1.29 is 0 Å². The highest BCUT2D eigenvalue weighted by Crippen LogP contribution is 2.21. The van der Waals surface area contributed by atoms with Crippen molar-refractivity contribution in [3.63, 3.8) is 0 Å². The van der Waals surface area contributed by atoms with Crippen LogP contribution in [0.2, 0.25) is 0 Å². The predicted octanol–water partition coefficient (Wildman–Crippen LogP) is 1.70. The molecule has 0 aliphatic carbocycles. The second-order valence-corrected chi connectivity index (χ2v) is 4.31. The lowest BCUT2D eigenvalue weighted by Crippen LogP contribution is -2.23. The van der Waals surface area contributed by atoms with Gasteiger partial charge in [0.25, 0.3) is 0 Å². The lowest BCUT2D eigenvalue weighted by molar-refractivity contribution is 0.518. The minimum Gasteiger partial charge on any atom is -0.307 e. The normalized spacial score (nSPS) is 12.6. The molecule has 0 bridgehead atoms. The van der Waals surface area contributed by atoms with Gasteiger partial charge in [0.1, 0.15) is 0 Å². The summed E-state index contributed by atoms with van der Waals surface area (Å²) in [5.41, 5.74) is 3.25. The van der Waals surface area contributed by atoms with Gasteiger partial charge in [-0.2, -0.15) is 0 Å². The van der Waals surface area contributed by atoms with Crippen LogP contribution in [0.15, 0.2) is 24.5 Å². The zero-order chi connectivity index (χ0) is 13.0. The highest BCUT2D eigenvalue weighted by atomic mass is 15.4. The minimum atomic E-state index is 0.0350. The summed E-state index contributed by atoms with van der Waals surface area (Å²) in [5.74, 6) is 0. The maximum atomic E-state index is 4.48. The lowest BCUT2D eigenvalue weighted by Gasteiger charge is -2.18. The smallest absolute Gasteiger partial charge is 0.0938 e. The van der Waals surface area contributed by atoms with E-state index in [9.17, 15) is 0 Å². The van der Waals surface area contributed by atoms with Crippen molar-refractivity contribution in [2.24, 2.45) is 0 Å². The molecule has 0 amide bonds. The zero-order valence-electron chi connectivity index (χ0n) is 11.1. The molecule has 0 radical (unpaired) electrons. The third-order valence-electron chi connectivity index (χ3n) is 2.99. The first-order chi connectivity index (χ1) is 8.77. The van der Waals surface area contributed by atoms with Crippen molar-refractivity contribution in [1.82, 2.24) is 25.3 Å². The van der Waals surface area contributed by atoms with Gasteiger partial charge >= 0.3 is 0 Å². The van der Waals surface area contributed by atoms with Crippen LogP contribution in [0, 0.1) is 6.92 Å². The SMILES string of the molecule is CCCn1nncc1C(NC)c1ncccc1C. The summed E-state index contributed by atoms with van der Waals surface area (Å²) in [6.45, 7) is 5.08. The van der Waals surface area contributed by atoms with Gasteiger partial charge in [0.15, 0.2) is 0 Å². The second kappa shape index (κ2) is 5.73. The van der Waals surface area contributed by atoms with Crippen LogP contribution < -0.4 is 5.32 Å². The standard InChI is InChI=1S/C13H19N5/c1-4-8-18-11(9-16-17-18)13(14-3)12-10(2)6-5-7-15-12/h5-7,9,13-14H,4,8H2,1-3H3. The van der Waals surface area contributed by atoms with Crippen LogP contribution in [-0.4, -0.2) is 27.0 Å². The largest absolute Gasteiger partial charge is 0.307 e. The molecule has 5 heteroatoms. The third-order valence-corrected chi connectivity index (χ3v) is 2.99. The zero-order valence-corrected chi connectivity index (χ0v) is 11.1. The summed E-state index contributed by atoms with van der Waals surface area (Å²) in [6.07, 6.45) is 4.67. The van der Waals surface area contributed by atoms with Crippen molar-refractivity contribution in [2.45, 2.75) is 32.9 Å². The third kappa shape index (κ3) is 2.41. The van der Waals surface area contributed by atoms with Crippen LogP contribution in [0.4, 0.5) is 0 Å². The number of aryl methyl sites for hydroxylation is 2. The number of rotatable bonds is 5. The number of nitrogens with one attached hydrogen (secondary N) is 1.